The number of carboxylic acid groups (broad SMARTS) is 1. The van der Waals surface area contributed by atoms with Crippen LogP contribution in [-0.2, 0) is 14.8 Å². The van der Waals surface area contributed by atoms with E-state index in [1.165, 1.54) is 18.2 Å². The van der Waals surface area contributed by atoms with Gasteiger partial charge in [-0.2, -0.15) is 9.57 Å². The lowest BCUT2D eigenvalue weighted by atomic mass is 10.1. The van der Waals surface area contributed by atoms with Crippen molar-refractivity contribution in [1.82, 2.24) is 4.31 Å². The minimum Gasteiger partial charge on any atom is -0.480 e. The lowest BCUT2D eigenvalue weighted by Crippen LogP contribution is -2.40. The van der Waals surface area contributed by atoms with Crippen molar-refractivity contribution < 1.29 is 18.3 Å². The predicted octanol–water partition coefficient (Wildman–Crippen LogP) is 1.10. The standard InChI is InChI=1S/C13H14N2O4S/c1-9-7-11(5-4-10(9)8-14)20(18,19)15-6-2-3-12(15)13(16)17/h4-5,7,12H,2-3,6H2,1H3,(H,16,17). The highest BCUT2D eigenvalue weighted by Crippen LogP contribution is 2.27. The molecule has 1 heterocycles. The number of nitrogens with zero attached hydrogens (tertiary/aromatic N) is 2. The van der Waals surface area contributed by atoms with Crippen molar-refractivity contribution in [3.8, 4) is 6.07 Å². The zero-order valence-electron chi connectivity index (χ0n) is 10.9. The molecule has 1 unspecified atom stereocenters. The summed E-state index contributed by atoms with van der Waals surface area (Å²) in [6.45, 7) is 1.86. The Labute approximate surface area is 117 Å². The minimum absolute atomic E-state index is 0.0298. The smallest absolute Gasteiger partial charge is 0.322 e. The maximum Gasteiger partial charge on any atom is 0.322 e. The molecule has 1 saturated heterocycles. The first kappa shape index (κ1) is 14.5. The normalized spacial score (nSPS) is 19.7. The molecular formula is C13H14N2O4S. The SMILES string of the molecule is Cc1cc(S(=O)(=O)N2CCCC2C(=O)O)ccc1C#N. The van der Waals surface area contributed by atoms with Crippen LogP contribution in [0.15, 0.2) is 23.1 Å². The Kier molecular flexibility index (Phi) is 3.79. The number of aryl methyl sites for hydroxylation is 1. The Morgan fingerprint density at radius 3 is 2.75 bits per heavy atom. The molecule has 1 aliphatic heterocycles. The lowest BCUT2D eigenvalue weighted by Gasteiger charge is -2.21. The highest BCUT2D eigenvalue weighted by Gasteiger charge is 2.39. The molecule has 0 amide bonds. The summed E-state index contributed by atoms with van der Waals surface area (Å²) in [5.74, 6) is -1.13. The number of aliphatic carboxylic acids is 1. The lowest BCUT2D eigenvalue weighted by molar-refractivity contribution is -0.140. The summed E-state index contributed by atoms with van der Waals surface area (Å²) in [5.41, 5.74) is 0.958. The van der Waals surface area contributed by atoms with E-state index in [1.807, 2.05) is 6.07 Å². The average Bonchev–Trinajstić information content (AvgIpc) is 2.88. The number of benzene rings is 1. The Hall–Kier alpha value is -1.91. The number of sulfonamides is 1. The second-order valence-corrected chi connectivity index (χ2v) is 6.59. The van der Waals surface area contributed by atoms with Gasteiger partial charge in [0.2, 0.25) is 10.0 Å². The molecule has 0 bridgehead atoms. The van der Waals surface area contributed by atoms with Gasteiger partial charge in [0.1, 0.15) is 6.04 Å². The summed E-state index contributed by atoms with van der Waals surface area (Å²) < 4.78 is 26.0. The Morgan fingerprint density at radius 1 is 1.50 bits per heavy atom. The zero-order chi connectivity index (χ0) is 14.9. The molecule has 1 fully saturated rings. The van der Waals surface area contributed by atoms with Crippen LogP contribution in [0.4, 0.5) is 0 Å². The maximum atomic E-state index is 12.5. The van der Waals surface area contributed by atoms with E-state index < -0.39 is 22.0 Å². The summed E-state index contributed by atoms with van der Waals surface area (Å²) >= 11 is 0. The van der Waals surface area contributed by atoms with Gasteiger partial charge in [-0.25, -0.2) is 8.42 Å². The van der Waals surface area contributed by atoms with Gasteiger partial charge in [-0.15, -0.1) is 0 Å². The zero-order valence-corrected chi connectivity index (χ0v) is 11.7. The molecular weight excluding hydrogens is 280 g/mol. The fourth-order valence-electron chi connectivity index (χ4n) is 2.33. The molecule has 1 aromatic rings. The van der Waals surface area contributed by atoms with E-state index in [2.05, 4.69) is 0 Å². The van der Waals surface area contributed by atoms with Crippen molar-refractivity contribution in [3.63, 3.8) is 0 Å². The van der Waals surface area contributed by atoms with E-state index in [4.69, 9.17) is 10.4 Å². The molecule has 1 aromatic carbocycles. The molecule has 1 aliphatic rings. The predicted molar refractivity (Wildman–Crippen MR) is 70.4 cm³/mol. The first-order valence-corrected chi connectivity index (χ1v) is 7.57. The number of rotatable bonds is 3. The number of hydrogen-bond acceptors (Lipinski definition) is 4. The van der Waals surface area contributed by atoms with Gasteiger partial charge in [0, 0.05) is 6.54 Å². The first-order valence-electron chi connectivity index (χ1n) is 6.13. The van der Waals surface area contributed by atoms with E-state index in [1.54, 1.807) is 6.92 Å². The molecule has 1 N–H and O–H groups in total. The average molecular weight is 294 g/mol. The Balaban J connectivity index is 2.43. The third kappa shape index (κ3) is 2.40. The van der Waals surface area contributed by atoms with Gasteiger partial charge in [0.05, 0.1) is 16.5 Å². The van der Waals surface area contributed by atoms with E-state index in [-0.39, 0.29) is 11.4 Å². The molecule has 6 nitrogen and oxygen atoms in total. The molecule has 20 heavy (non-hydrogen) atoms. The summed E-state index contributed by atoms with van der Waals surface area (Å²) in [7, 11) is -3.84. The number of hydrogen-bond donors (Lipinski definition) is 1. The topological polar surface area (TPSA) is 98.5 Å². The summed E-state index contributed by atoms with van der Waals surface area (Å²) in [4.78, 5) is 11.1. The van der Waals surface area contributed by atoms with Crippen molar-refractivity contribution in [2.75, 3.05) is 6.54 Å². The summed E-state index contributed by atoms with van der Waals surface area (Å²) in [6.07, 6.45) is 0.856. The van der Waals surface area contributed by atoms with Crippen LogP contribution >= 0.6 is 0 Å². The van der Waals surface area contributed by atoms with Gasteiger partial charge < -0.3 is 5.11 Å². The number of nitriles is 1. The number of carbonyl (C=O) groups is 1. The quantitative estimate of drug-likeness (QED) is 0.900. The van der Waals surface area contributed by atoms with Gasteiger partial charge in [0.15, 0.2) is 0 Å². The molecule has 0 spiro atoms. The monoisotopic (exact) mass is 294 g/mol. The second kappa shape index (κ2) is 5.23. The van der Waals surface area contributed by atoms with Gasteiger partial charge in [-0.3, -0.25) is 4.79 Å². The van der Waals surface area contributed by atoms with Gasteiger partial charge in [0.25, 0.3) is 0 Å². The summed E-state index contributed by atoms with van der Waals surface area (Å²) in [6, 6.07) is 5.16. The molecule has 0 saturated carbocycles. The van der Waals surface area contributed by atoms with Crippen LogP contribution in [0.25, 0.3) is 0 Å². The highest BCUT2D eigenvalue weighted by molar-refractivity contribution is 7.89. The summed E-state index contributed by atoms with van der Waals surface area (Å²) in [5, 5.41) is 17.9. The first-order chi connectivity index (χ1) is 9.37. The van der Waals surface area contributed by atoms with Crippen molar-refractivity contribution in [1.29, 1.82) is 5.26 Å². The van der Waals surface area contributed by atoms with Gasteiger partial charge in [-0.1, -0.05) is 0 Å². The molecule has 0 aromatic heterocycles. The molecule has 1 atom stereocenters. The second-order valence-electron chi connectivity index (χ2n) is 4.70. The molecule has 0 aliphatic carbocycles. The number of carboxylic acids is 1. The van der Waals surface area contributed by atoms with Crippen molar-refractivity contribution >= 4 is 16.0 Å². The van der Waals surface area contributed by atoms with Crippen LogP contribution in [0.5, 0.6) is 0 Å². The van der Waals surface area contributed by atoms with Crippen molar-refractivity contribution in [2.24, 2.45) is 0 Å². The van der Waals surface area contributed by atoms with Crippen LogP contribution in [0.3, 0.4) is 0 Å². The Morgan fingerprint density at radius 2 is 2.20 bits per heavy atom. The van der Waals surface area contributed by atoms with Crippen LogP contribution in [0.2, 0.25) is 0 Å². The molecule has 2 rings (SSSR count). The van der Waals surface area contributed by atoms with E-state index >= 15 is 0 Å². The van der Waals surface area contributed by atoms with Gasteiger partial charge in [-0.05, 0) is 43.5 Å². The van der Waals surface area contributed by atoms with Crippen LogP contribution in [-0.4, -0.2) is 36.4 Å². The highest BCUT2D eigenvalue weighted by atomic mass is 32.2. The van der Waals surface area contributed by atoms with Crippen LogP contribution in [0, 0.1) is 18.3 Å². The fourth-order valence-corrected chi connectivity index (χ4v) is 4.07. The fraction of sp³-hybridized carbons (Fsp3) is 0.385. The molecule has 7 heteroatoms. The Bertz CT molecular complexity index is 691. The van der Waals surface area contributed by atoms with Crippen LogP contribution in [0.1, 0.15) is 24.0 Å². The van der Waals surface area contributed by atoms with E-state index in [0.29, 0.717) is 24.0 Å². The van der Waals surface area contributed by atoms with Crippen LogP contribution < -0.4 is 0 Å². The van der Waals surface area contributed by atoms with E-state index in [0.717, 1.165) is 4.31 Å². The third-order valence-corrected chi connectivity index (χ3v) is 5.32. The minimum atomic E-state index is -3.84. The maximum absolute atomic E-state index is 12.5. The van der Waals surface area contributed by atoms with E-state index in [9.17, 15) is 13.2 Å². The van der Waals surface area contributed by atoms with Gasteiger partial charge >= 0.3 is 5.97 Å². The third-order valence-electron chi connectivity index (χ3n) is 3.41. The van der Waals surface area contributed by atoms with Crippen molar-refractivity contribution in [2.45, 2.75) is 30.7 Å². The molecule has 0 radical (unpaired) electrons. The largest absolute Gasteiger partial charge is 0.480 e. The van der Waals surface area contributed by atoms with Crippen molar-refractivity contribution in [3.05, 3.63) is 29.3 Å². The molecule has 106 valence electrons.